The van der Waals surface area contributed by atoms with Gasteiger partial charge in [-0.3, -0.25) is 4.79 Å². The molecule has 0 saturated carbocycles. The van der Waals surface area contributed by atoms with E-state index >= 15 is 0 Å². The molecule has 1 aliphatic rings. The summed E-state index contributed by atoms with van der Waals surface area (Å²) in [4.78, 5) is 13.1. The molecule has 1 aromatic heterocycles. The van der Waals surface area contributed by atoms with Crippen molar-refractivity contribution < 1.29 is 9.18 Å². The van der Waals surface area contributed by atoms with Gasteiger partial charge in [-0.25, -0.2) is 4.39 Å². The fourth-order valence-corrected chi connectivity index (χ4v) is 4.61. The van der Waals surface area contributed by atoms with Crippen LogP contribution in [0.2, 0.25) is 0 Å². The molecule has 0 spiro atoms. The molecular formula is C24H24FN3OS. The molecule has 4 nitrogen and oxygen atoms in total. The van der Waals surface area contributed by atoms with Crippen molar-refractivity contribution in [2.45, 2.75) is 32.7 Å². The van der Waals surface area contributed by atoms with E-state index in [0.717, 1.165) is 29.1 Å². The summed E-state index contributed by atoms with van der Waals surface area (Å²) < 4.78 is 16.2. The zero-order valence-corrected chi connectivity index (χ0v) is 18.0. The van der Waals surface area contributed by atoms with E-state index in [1.54, 1.807) is 12.1 Å². The molecule has 3 aromatic rings. The Kier molecular flexibility index (Phi) is 5.68. The number of halogens is 1. The van der Waals surface area contributed by atoms with Gasteiger partial charge in [0.1, 0.15) is 5.82 Å². The number of para-hydroxylation sites is 1. The van der Waals surface area contributed by atoms with Crippen molar-refractivity contribution in [1.82, 2.24) is 9.88 Å². The van der Waals surface area contributed by atoms with Crippen molar-refractivity contribution in [3.8, 4) is 5.69 Å². The maximum absolute atomic E-state index is 14.3. The maximum atomic E-state index is 14.3. The molecule has 1 saturated heterocycles. The van der Waals surface area contributed by atoms with Crippen LogP contribution in [0, 0.1) is 19.7 Å². The number of rotatable bonds is 5. The van der Waals surface area contributed by atoms with Gasteiger partial charge in [0.05, 0.1) is 10.6 Å². The number of benzene rings is 2. The highest BCUT2D eigenvalue weighted by atomic mass is 32.2. The Morgan fingerprint density at radius 3 is 2.60 bits per heavy atom. The van der Waals surface area contributed by atoms with Crippen LogP contribution < -0.4 is 10.6 Å². The van der Waals surface area contributed by atoms with E-state index in [9.17, 15) is 9.18 Å². The van der Waals surface area contributed by atoms with Gasteiger partial charge in [0.2, 0.25) is 0 Å². The number of hydrogen-bond acceptors (Lipinski definition) is 3. The van der Waals surface area contributed by atoms with Crippen LogP contribution in [-0.2, 0) is 11.2 Å². The highest BCUT2D eigenvalue weighted by Crippen LogP contribution is 2.32. The van der Waals surface area contributed by atoms with Crippen LogP contribution in [0.1, 0.15) is 29.4 Å². The summed E-state index contributed by atoms with van der Waals surface area (Å²) in [5.41, 5.74) is 5.23. The molecule has 0 radical (unpaired) electrons. The van der Waals surface area contributed by atoms with Crippen LogP contribution in [0.4, 0.5) is 10.1 Å². The third-order valence-electron chi connectivity index (χ3n) is 5.24. The van der Waals surface area contributed by atoms with Gasteiger partial charge >= 0.3 is 0 Å². The Labute approximate surface area is 180 Å². The number of aryl methyl sites for hydroxylation is 2. The zero-order chi connectivity index (χ0) is 21.3. The lowest BCUT2D eigenvalue weighted by atomic mass is 10.1. The van der Waals surface area contributed by atoms with E-state index in [0.29, 0.717) is 10.6 Å². The standard InChI is InChI=1S/C24H24FN3OS/c1-4-17-9-11-19(12-10-17)26-24-27-23(29)22(30-24)14-18-13-15(2)28(16(18)3)21-8-6-5-7-20(21)25/h5-14,24,26H,4H2,1-3H3,(H,27,29)/b22-14-/t24-/m0/s1. The molecule has 4 rings (SSSR count). The van der Waals surface area contributed by atoms with E-state index in [1.165, 1.54) is 23.4 Å². The average molecular weight is 422 g/mol. The number of aromatic nitrogens is 1. The third kappa shape index (κ3) is 4.00. The first-order chi connectivity index (χ1) is 14.5. The molecule has 1 fully saturated rings. The number of hydrogen-bond donors (Lipinski definition) is 2. The summed E-state index contributed by atoms with van der Waals surface area (Å²) >= 11 is 1.45. The molecule has 154 valence electrons. The van der Waals surface area contributed by atoms with Crippen LogP contribution in [0.3, 0.4) is 0 Å². The second-order valence-corrected chi connectivity index (χ2v) is 8.43. The lowest BCUT2D eigenvalue weighted by molar-refractivity contribution is -0.116. The number of carbonyl (C=O) groups excluding carboxylic acids is 1. The summed E-state index contributed by atoms with van der Waals surface area (Å²) in [6, 6.07) is 16.9. The van der Waals surface area contributed by atoms with Gasteiger partial charge in [-0.1, -0.05) is 43.0 Å². The lowest BCUT2D eigenvalue weighted by Gasteiger charge is -2.12. The molecule has 6 heteroatoms. The molecule has 2 heterocycles. The SMILES string of the molecule is CCc1ccc(N[C@H]2NC(=O)/C(=C/c3cc(C)n(-c4ccccc4F)c3C)S2)cc1. The topological polar surface area (TPSA) is 46.1 Å². The molecule has 2 N–H and O–H groups in total. The Hall–Kier alpha value is -2.99. The largest absolute Gasteiger partial charge is 0.357 e. The number of anilines is 1. The van der Waals surface area contributed by atoms with E-state index in [4.69, 9.17) is 0 Å². The van der Waals surface area contributed by atoms with E-state index in [-0.39, 0.29) is 17.2 Å². The summed E-state index contributed by atoms with van der Waals surface area (Å²) in [6.07, 6.45) is 2.87. The quantitative estimate of drug-likeness (QED) is 0.543. The minimum atomic E-state index is -0.273. The summed E-state index contributed by atoms with van der Waals surface area (Å²) in [6.45, 7) is 6.00. The number of carbonyl (C=O) groups is 1. The Balaban J connectivity index is 1.56. The maximum Gasteiger partial charge on any atom is 0.260 e. The van der Waals surface area contributed by atoms with Crippen molar-refractivity contribution in [2.24, 2.45) is 0 Å². The summed E-state index contributed by atoms with van der Waals surface area (Å²) in [5, 5.41) is 6.30. The molecule has 0 bridgehead atoms. The van der Waals surface area contributed by atoms with Crippen LogP contribution in [-0.4, -0.2) is 16.0 Å². The molecule has 1 aliphatic heterocycles. The second-order valence-electron chi connectivity index (χ2n) is 7.29. The van der Waals surface area contributed by atoms with Gasteiger partial charge < -0.3 is 15.2 Å². The van der Waals surface area contributed by atoms with Crippen molar-refractivity contribution in [3.63, 3.8) is 0 Å². The average Bonchev–Trinajstić information content (AvgIpc) is 3.21. The first-order valence-corrected chi connectivity index (χ1v) is 10.8. The van der Waals surface area contributed by atoms with Crippen molar-refractivity contribution >= 4 is 29.4 Å². The van der Waals surface area contributed by atoms with E-state index < -0.39 is 0 Å². The van der Waals surface area contributed by atoms with Crippen LogP contribution >= 0.6 is 11.8 Å². The summed E-state index contributed by atoms with van der Waals surface area (Å²) in [7, 11) is 0. The Morgan fingerprint density at radius 1 is 1.17 bits per heavy atom. The minimum Gasteiger partial charge on any atom is -0.357 e. The third-order valence-corrected chi connectivity index (χ3v) is 6.27. The second kappa shape index (κ2) is 8.40. The fraction of sp³-hybridized carbons (Fsp3) is 0.208. The van der Waals surface area contributed by atoms with Crippen molar-refractivity contribution in [3.05, 3.63) is 87.8 Å². The fourth-order valence-electron chi connectivity index (χ4n) is 3.63. The van der Waals surface area contributed by atoms with E-state index in [1.807, 2.05) is 48.8 Å². The predicted octanol–water partition coefficient (Wildman–Crippen LogP) is 5.40. The molecule has 0 aliphatic carbocycles. The highest BCUT2D eigenvalue weighted by Gasteiger charge is 2.27. The van der Waals surface area contributed by atoms with Crippen LogP contribution in [0.15, 0.2) is 59.5 Å². The Bertz CT molecular complexity index is 1120. The first-order valence-electron chi connectivity index (χ1n) is 9.95. The Morgan fingerprint density at radius 2 is 1.90 bits per heavy atom. The minimum absolute atomic E-state index is 0.113. The van der Waals surface area contributed by atoms with Gasteiger partial charge in [-0.15, -0.1) is 0 Å². The highest BCUT2D eigenvalue weighted by molar-refractivity contribution is 8.05. The lowest BCUT2D eigenvalue weighted by Crippen LogP contribution is -2.30. The smallest absolute Gasteiger partial charge is 0.260 e. The molecule has 1 atom stereocenters. The predicted molar refractivity (Wildman–Crippen MR) is 122 cm³/mol. The zero-order valence-electron chi connectivity index (χ0n) is 17.2. The molecule has 1 amide bonds. The summed E-state index contributed by atoms with van der Waals surface area (Å²) in [5.74, 6) is -0.386. The monoisotopic (exact) mass is 421 g/mol. The van der Waals surface area contributed by atoms with Gasteiger partial charge in [0.15, 0.2) is 5.50 Å². The van der Waals surface area contributed by atoms with Crippen LogP contribution in [0.5, 0.6) is 0 Å². The van der Waals surface area contributed by atoms with Gasteiger partial charge in [0.25, 0.3) is 5.91 Å². The normalized spacial score (nSPS) is 17.4. The van der Waals surface area contributed by atoms with Crippen molar-refractivity contribution in [1.29, 1.82) is 0 Å². The van der Waals surface area contributed by atoms with Gasteiger partial charge in [-0.05, 0) is 67.8 Å². The molecule has 0 unspecified atom stereocenters. The number of amides is 1. The molecule has 2 aromatic carbocycles. The molecule has 30 heavy (non-hydrogen) atoms. The van der Waals surface area contributed by atoms with Crippen LogP contribution in [0.25, 0.3) is 11.8 Å². The van der Waals surface area contributed by atoms with Gasteiger partial charge in [-0.2, -0.15) is 0 Å². The number of thioether (sulfide) groups is 1. The number of nitrogens with one attached hydrogen (secondary N) is 2. The first kappa shape index (κ1) is 20.3. The van der Waals surface area contributed by atoms with E-state index in [2.05, 4.69) is 29.7 Å². The van der Waals surface area contributed by atoms with Crippen molar-refractivity contribution in [2.75, 3.05) is 5.32 Å². The van der Waals surface area contributed by atoms with Gasteiger partial charge in [0, 0.05) is 17.1 Å². The molecular weight excluding hydrogens is 397 g/mol. The number of nitrogens with zero attached hydrogens (tertiary/aromatic N) is 1.